The van der Waals surface area contributed by atoms with Crippen LogP contribution in [0.1, 0.15) is 38.9 Å². The van der Waals surface area contributed by atoms with Crippen molar-refractivity contribution in [3.63, 3.8) is 0 Å². The third-order valence-electron chi connectivity index (χ3n) is 3.00. The maximum absolute atomic E-state index is 5.16. The first kappa shape index (κ1) is 16.4. The number of aryl methyl sites for hydroxylation is 1. The molecule has 0 radical (unpaired) electrons. The average molecular weight is 285 g/mol. The molecule has 0 fully saturated rings. The minimum absolute atomic E-state index is 0.266. The Hall–Kier alpha value is -0.680. The predicted octanol–water partition coefficient (Wildman–Crippen LogP) is 3.34. The van der Waals surface area contributed by atoms with Crippen LogP contribution in [0.25, 0.3) is 0 Å². The number of methoxy groups -OCH3 is 1. The normalized spacial score (nSPS) is 14.4. The monoisotopic (exact) mass is 285 g/mol. The van der Waals surface area contributed by atoms with E-state index in [2.05, 4.69) is 41.8 Å². The Bertz CT molecular complexity index is 368. The Labute approximate surface area is 121 Å². The van der Waals surface area contributed by atoms with E-state index in [9.17, 15) is 0 Å². The van der Waals surface area contributed by atoms with Crippen LogP contribution in [0.15, 0.2) is 6.20 Å². The first-order chi connectivity index (χ1) is 9.08. The summed E-state index contributed by atoms with van der Waals surface area (Å²) in [6.45, 7) is 9.29. The maximum Gasteiger partial charge on any atom is 0.203 e. The van der Waals surface area contributed by atoms with Gasteiger partial charge in [0.05, 0.1) is 12.3 Å². The highest BCUT2D eigenvalue weighted by atomic mass is 32.2. The summed E-state index contributed by atoms with van der Waals surface area (Å²) in [7, 11) is 1.72. The fourth-order valence-corrected chi connectivity index (χ4v) is 2.80. The molecule has 0 saturated heterocycles. The molecule has 1 aromatic rings. The highest BCUT2D eigenvalue weighted by Gasteiger charge is 2.13. The molecular weight excluding hydrogens is 258 g/mol. The van der Waals surface area contributed by atoms with Gasteiger partial charge < -0.3 is 14.6 Å². The lowest BCUT2D eigenvalue weighted by molar-refractivity contribution is 0.190. The molecule has 19 heavy (non-hydrogen) atoms. The first-order valence-electron chi connectivity index (χ1n) is 6.97. The van der Waals surface area contributed by atoms with E-state index in [4.69, 9.17) is 4.74 Å². The molecule has 1 N–H and O–H groups in total. The molecule has 2 atom stereocenters. The Morgan fingerprint density at radius 3 is 2.84 bits per heavy atom. The molecule has 5 heteroatoms. The molecule has 1 rings (SSSR count). The summed E-state index contributed by atoms with van der Waals surface area (Å²) >= 11 is 1.99. The van der Waals surface area contributed by atoms with Gasteiger partial charge >= 0.3 is 0 Å². The van der Waals surface area contributed by atoms with Gasteiger partial charge in [-0.25, -0.2) is 4.98 Å². The molecule has 0 aromatic carbocycles. The van der Waals surface area contributed by atoms with Crippen LogP contribution in [0, 0.1) is 6.92 Å². The van der Waals surface area contributed by atoms with E-state index < -0.39 is 0 Å². The van der Waals surface area contributed by atoms with Crippen LogP contribution in [0.3, 0.4) is 0 Å². The van der Waals surface area contributed by atoms with Crippen LogP contribution in [0.5, 0.6) is 0 Å². The predicted molar refractivity (Wildman–Crippen MR) is 84.3 cm³/mol. The fraction of sp³-hybridized carbons (Fsp3) is 0.786. The van der Waals surface area contributed by atoms with Crippen molar-refractivity contribution in [2.45, 2.75) is 46.2 Å². The van der Waals surface area contributed by atoms with Crippen LogP contribution >= 0.6 is 11.8 Å². The molecule has 0 bridgehead atoms. The molecule has 0 aliphatic rings. The van der Waals surface area contributed by atoms with Gasteiger partial charge in [-0.3, -0.25) is 0 Å². The summed E-state index contributed by atoms with van der Waals surface area (Å²) in [5.41, 5.74) is 1.06. The van der Waals surface area contributed by atoms with Crippen LogP contribution in [0.4, 0.5) is 5.95 Å². The number of hydrogen-bond donors (Lipinski definition) is 1. The van der Waals surface area contributed by atoms with Gasteiger partial charge in [-0.05, 0) is 38.7 Å². The van der Waals surface area contributed by atoms with Crippen LogP contribution < -0.4 is 5.32 Å². The maximum atomic E-state index is 5.16. The molecule has 110 valence electrons. The lowest BCUT2D eigenvalue weighted by Gasteiger charge is -2.19. The van der Waals surface area contributed by atoms with Crippen molar-refractivity contribution in [2.75, 3.05) is 30.5 Å². The van der Waals surface area contributed by atoms with Crippen LogP contribution in [-0.2, 0) is 4.74 Å². The van der Waals surface area contributed by atoms with E-state index >= 15 is 0 Å². The second-order valence-corrected chi connectivity index (χ2v) is 6.34. The standard InChI is InChI=1S/C14H27N3OS/c1-6-19-8-7-13(4)17-9-11(2)15-14(17)16-12(3)10-18-5/h9,12-13H,6-8,10H2,1-5H3,(H,15,16). The summed E-state index contributed by atoms with van der Waals surface area (Å²) in [4.78, 5) is 4.57. The molecule has 0 aliphatic heterocycles. The Morgan fingerprint density at radius 1 is 1.47 bits per heavy atom. The summed E-state index contributed by atoms with van der Waals surface area (Å²) in [6.07, 6.45) is 3.30. The molecule has 2 unspecified atom stereocenters. The molecule has 0 aliphatic carbocycles. The lowest BCUT2D eigenvalue weighted by Crippen LogP contribution is -2.23. The van der Waals surface area contributed by atoms with Crippen molar-refractivity contribution in [3.8, 4) is 0 Å². The van der Waals surface area contributed by atoms with E-state index in [0.717, 1.165) is 11.6 Å². The van der Waals surface area contributed by atoms with Crippen molar-refractivity contribution in [3.05, 3.63) is 11.9 Å². The molecule has 4 nitrogen and oxygen atoms in total. The molecule has 1 heterocycles. The number of nitrogens with one attached hydrogen (secondary N) is 1. The SMILES string of the molecule is CCSCCC(C)n1cc(C)nc1NC(C)COC. The van der Waals surface area contributed by atoms with E-state index in [-0.39, 0.29) is 6.04 Å². The average Bonchev–Trinajstić information content (AvgIpc) is 2.70. The second kappa shape index (κ2) is 8.48. The minimum Gasteiger partial charge on any atom is -0.383 e. The number of ether oxygens (including phenoxy) is 1. The smallest absolute Gasteiger partial charge is 0.203 e. The van der Waals surface area contributed by atoms with Gasteiger partial charge in [-0.15, -0.1) is 0 Å². The number of imidazole rings is 1. The van der Waals surface area contributed by atoms with Gasteiger partial charge in [-0.1, -0.05) is 6.92 Å². The van der Waals surface area contributed by atoms with Crippen molar-refractivity contribution < 1.29 is 4.74 Å². The van der Waals surface area contributed by atoms with Gasteiger partial charge in [-0.2, -0.15) is 11.8 Å². The third-order valence-corrected chi connectivity index (χ3v) is 3.94. The van der Waals surface area contributed by atoms with E-state index in [1.165, 1.54) is 17.9 Å². The van der Waals surface area contributed by atoms with Crippen molar-refractivity contribution in [1.82, 2.24) is 9.55 Å². The highest BCUT2D eigenvalue weighted by molar-refractivity contribution is 7.99. The summed E-state index contributed by atoms with van der Waals surface area (Å²) in [5.74, 6) is 3.34. The molecule has 0 spiro atoms. The van der Waals surface area contributed by atoms with Gasteiger partial charge in [0.2, 0.25) is 5.95 Å². The summed E-state index contributed by atoms with van der Waals surface area (Å²) in [6, 6.07) is 0.736. The molecule has 0 saturated carbocycles. The van der Waals surface area contributed by atoms with E-state index in [0.29, 0.717) is 12.6 Å². The van der Waals surface area contributed by atoms with Gasteiger partial charge in [0.1, 0.15) is 0 Å². The Balaban J connectivity index is 2.66. The zero-order valence-corrected chi connectivity index (χ0v) is 13.6. The molecular formula is C14H27N3OS. The number of nitrogens with zero attached hydrogens (tertiary/aromatic N) is 2. The zero-order chi connectivity index (χ0) is 14.3. The van der Waals surface area contributed by atoms with Crippen molar-refractivity contribution in [2.24, 2.45) is 0 Å². The Morgan fingerprint density at radius 2 is 2.21 bits per heavy atom. The molecule has 1 aromatic heterocycles. The fourth-order valence-electron chi connectivity index (χ4n) is 2.01. The second-order valence-electron chi connectivity index (χ2n) is 4.95. The van der Waals surface area contributed by atoms with Gasteiger partial charge in [0.25, 0.3) is 0 Å². The van der Waals surface area contributed by atoms with Crippen LogP contribution in [-0.4, -0.2) is 40.8 Å². The molecule has 0 amide bonds. The summed E-state index contributed by atoms with van der Waals surface area (Å²) in [5, 5.41) is 3.42. The largest absolute Gasteiger partial charge is 0.383 e. The lowest BCUT2D eigenvalue weighted by atomic mass is 10.2. The minimum atomic E-state index is 0.266. The Kier molecular flexibility index (Phi) is 7.31. The zero-order valence-electron chi connectivity index (χ0n) is 12.8. The first-order valence-corrected chi connectivity index (χ1v) is 8.12. The number of aromatic nitrogens is 2. The van der Waals surface area contributed by atoms with Crippen LogP contribution in [0.2, 0.25) is 0 Å². The topological polar surface area (TPSA) is 39.1 Å². The highest BCUT2D eigenvalue weighted by Crippen LogP contribution is 2.21. The van der Waals surface area contributed by atoms with Gasteiger partial charge in [0, 0.05) is 25.4 Å². The number of thioether (sulfide) groups is 1. The van der Waals surface area contributed by atoms with Crippen molar-refractivity contribution >= 4 is 17.7 Å². The van der Waals surface area contributed by atoms with Gasteiger partial charge in [0.15, 0.2) is 0 Å². The number of anilines is 1. The summed E-state index contributed by atoms with van der Waals surface area (Å²) < 4.78 is 7.41. The number of hydrogen-bond acceptors (Lipinski definition) is 4. The quantitative estimate of drug-likeness (QED) is 0.706. The van der Waals surface area contributed by atoms with Crippen molar-refractivity contribution in [1.29, 1.82) is 0 Å². The third kappa shape index (κ3) is 5.45. The van der Waals surface area contributed by atoms with E-state index in [1.807, 2.05) is 18.7 Å². The van der Waals surface area contributed by atoms with E-state index in [1.54, 1.807) is 7.11 Å². The number of rotatable bonds is 9.